The first-order valence-corrected chi connectivity index (χ1v) is 8.69. The molecule has 2 nitrogen and oxygen atoms in total. The second-order valence-corrected chi connectivity index (χ2v) is 6.61. The average molecular weight is 323 g/mol. The van der Waals surface area contributed by atoms with Crippen molar-refractivity contribution in [3.8, 4) is 0 Å². The smallest absolute Gasteiger partial charge is 0.0642 e. The van der Waals surface area contributed by atoms with Gasteiger partial charge in [0, 0.05) is 25.0 Å². The summed E-state index contributed by atoms with van der Waals surface area (Å²) in [4.78, 5) is 3.69. The van der Waals surface area contributed by atoms with Crippen molar-refractivity contribution in [2.24, 2.45) is 0 Å². The Kier molecular flexibility index (Phi) is 6.55. The van der Waals surface area contributed by atoms with Crippen LogP contribution in [0, 0.1) is 0 Å². The Balaban J connectivity index is 2.05. The lowest BCUT2D eigenvalue weighted by Gasteiger charge is -2.24. The Labute approximate surface area is 136 Å². The number of halogens is 1. The van der Waals surface area contributed by atoms with Crippen LogP contribution < -0.4 is 10.2 Å². The zero-order valence-corrected chi connectivity index (χ0v) is 14.3. The van der Waals surface area contributed by atoms with E-state index in [0.29, 0.717) is 0 Å². The van der Waals surface area contributed by atoms with E-state index in [4.69, 9.17) is 11.6 Å². The SMILES string of the molecule is CCCNCc1cccc(Cl)c1N(C)CCc1cccs1. The normalized spacial score (nSPS) is 10.8. The first-order chi connectivity index (χ1) is 10.2. The summed E-state index contributed by atoms with van der Waals surface area (Å²) in [5, 5.41) is 6.42. The largest absolute Gasteiger partial charge is 0.373 e. The predicted octanol–water partition coefficient (Wildman–Crippen LogP) is 4.58. The van der Waals surface area contributed by atoms with Gasteiger partial charge < -0.3 is 10.2 Å². The Bertz CT molecular complexity index is 540. The minimum absolute atomic E-state index is 0.833. The summed E-state index contributed by atoms with van der Waals surface area (Å²) in [5.41, 5.74) is 2.42. The van der Waals surface area contributed by atoms with Crippen LogP contribution in [0.2, 0.25) is 5.02 Å². The minimum atomic E-state index is 0.833. The molecule has 1 N–H and O–H groups in total. The molecule has 1 aromatic carbocycles. The standard InChI is InChI=1S/C17H23ClN2S/c1-3-10-19-13-14-6-4-8-16(18)17(14)20(2)11-9-15-7-5-12-21-15/h4-8,12,19H,3,9-11,13H2,1-2H3. The van der Waals surface area contributed by atoms with Crippen LogP contribution in [-0.2, 0) is 13.0 Å². The molecule has 0 aliphatic heterocycles. The maximum atomic E-state index is 6.43. The van der Waals surface area contributed by atoms with E-state index in [0.717, 1.165) is 43.2 Å². The second-order valence-electron chi connectivity index (χ2n) is 5.18. The average Bonchev–Trinajstić information content (AvgIpc) is 2.98. The monoisotopic (exact) mass is 322 g/mol. The molecule has 114 valence electrons. The van der Waals surface area contributed by atoms with Crippen molar-refractivity contribution in [3.63, 3.8) is 0 Å². The van der Waals surface area contributed by atoms with Crippen molar-refractivity contribution in [3.05, 3.63) is 51.2 Å². The van der Waals surface area contributed by atoms with Gasteiger partial charge in [0.25, 0.3) is 0 Å². The van der Waals surface area contributed by atoms with Crippen LogP contribution in [0.5, 0.6) is 0 Å². The van der Waals surface area contributed by atoms with Gasteiger partial charge in [0.2, 0.25) is 0 Å². The maximum absolute atomic E-state index is 6.43. The molecule has 21 heavy (non-hydrogen) atoms. The van der Waals surface area contributed by atoms with Gasteiger partial charge in [-0.15, -0.1) is 11.3 Å². The first kappa shape index (κ1) is 16.3. The van der Waals surface area contributed by atoms with Gasteiger partial charge >= 0.3 is 0 Å². The zero-order valence-electron chi connectivity index (χ0n) is 12.7. The number of hydrogen-bond acceptors (Lipinski definition) is 3. The van der Waals surface area contributed by atoms with Crippen LogP contribution >= 0.6 is 22.9 Å². The number of likely N-dealkylation sites (N-methyl/N-ethyl adjacent to an activating group) is 1. The Morgan fingerprint density at radius 2 is 2.10 bits per heavy atom. The molecule has 0 fully saturated rings. The van der Waals surface area contributed by atoms with Crippen LogP contribution in [0.15, 0.2) is 35.7 Å². The third kappa shape index (κ3) is 4.73. The van der Waals surface area contributed by atoms with Gasteiger partial charge in [0.15, 0.2) is 0 Å². The van der Waals surface area contributed by atoms with Gasteiger partial charge in [-0.25, -0.2) is 0 Å². The van der Waals surface area contributed by atoms with E-state index in [9.17, 15) is 0 Å². The second kappa shape index (κ2) is 8.42. The molecule has 2 rings (SSSR count). The summed E-state index contributed by atoms with van der Waals surface area (Å²) in [6.45, 7) is 5.06. The Morgan fingerprint density at radius 3 is 2.81 bits per heavy atom. The van der Waals surface area contributed by atoms with E-state index in [1.807, 2.05) is 23.5 Å². The van der Waals surface area contributed by atoms with E-state index in [-0.39, 0.29) is 0 Å². The molecule has 2 aromatic rings. The number of rotatable bonds is 8. The van der Waals surface area contributed by atoms with Gasteiger partial charge in [-0.3, -0.25) is 0 Å². The van der Waals surface area contributed by atoms with Gasteiger partial charge in [-0.1, -0.05) is 36.7 Å². The number of thiophene rings is 1. The van der Waals surface area contributed by atoms with Crippen molar-refractivity contribution in [1.82, 2.24) is 5.32 Å². The summed E-state index contributed by atoms with van der Waals surface area (Å²) in [6.07, 6.45) is 2.20. The van der Waals surface area contributed by atoms with Crippen molar-refractivity contribution < 1.29 is 0 Å². The highest BCUT2D eigenvalue weighted by atomic mass is 35.5. The van der Waals surface area contributed by atoms with E-state index in [1.54, 1.807) is 0 Å². The Hall–Kier alpha value is -1.03. The number of nitrogens with one attached hydrogen (secondary N) is 1. The summed E-state index contributed by atoms with van der Waals surface area (Å²) < 4.78 is 0. The van der Waals surface area contributed by atoms with Crippen LogP contribution in [0.3, 0.4) is 0 Å². The highest BCUT2D eigenvalue weighted by Crippen LogP contribution is 2.29. The zero-order chi connectivity index (χ0) is 15.1. The molecule has 0 aliphatic carbocycles. The van der Waals surface area contributed by atoms with Gasteiger partial charge in [0.05, 0.1) is 10.7 Å². The number of nitrogens with zero attached hydrogens (tertiary/aromatic N) is 1. The van der Waals surface area contributed by atoms with Crippen molar-refractivity contribution >= 4 is 28.6 Å². The van der Waals surface area contributed by atoms with E-state index in [2.05, 4.69) is 47.8 Å². The highest BCUT2D eigenvalue weighted by molar-refractivity contribution is 7.09. The number of hydrogen-bond donors (Lipinski definition) is 1. The van der Waals surface area contributed by atoms with Crippen LogP contribution in [-0.4, -0.2) is 20.1 Å². The molecule has 0 radical (unpaired) electrons. The number of anilines is 1. The third-order valence-corrected chi connectivity index (χ3v) is 4.71. The molecular formula is C17H23ClN2S. The Morgan fingerprint density at radius 1 is 1.24 bits per heavy atom. The van der Waals surface area contributed by atoms with Crippen molar-refractivity contribution in [1.29, 1.82) is 0 Å². The van der Waals surface area contributed by atoms with Crippen LogP contribution in [0.25, 0.3) is 0 Å². The van der Waals surface area contributed by atoms with E-state index < -0.39 is 0 Å². The lowest BCUT2D eigenvalue weighted by Crippen LogP contribution is -2.23. The molecule has 0 saturated carbocycles. The van der Waals surface area contributed by atoms with Crippen LogP contribution in [0.4, 0.5) is 5.69 Å². The topological polar surface area (TPSA) is 15.3 Å². The first-order valence-electron chi connectivity index (χ1n) is 7.44. The molecule has 1 heterocycles. The van der Waals surface area contributed by atoms with Crippen LogP contribution in [0.1, 0.15) is 23.8 Å². The lowest BCUT2D eigenvalue weighted by atomic mass is 10.1. The van der Waals surface area contributed by atoms with Gasteiger partial charge in [0.1, 0.15) is 0 Å². The summed E-state index contributed by atoms with van der Waals surface area (Å²) in [7, 11) is 2.12. The maximum Gasteiger partial charge on any atom is 0.0642 e. The molecule has 4 heteroatoms. The molecule has 0 spiro atoms. The quantitative estimate of drug-likeness (QED) is 0.716. The molecule has 0 bridgehead atoms. The fourth-order valence-corrected chi connectivity index (χ4v) is 3.41. The highest BCUT2D eigenvalue weighted by Gasteiger charge is 2.11. The number of para-hydroxylation sites is 1. The fraction of sp³-hybridized carbons (Fsp3) is 0.412. The van der Waals surface area contributed by atoms with E-state index >= 15 is 0 Å². The summed E-state index contributed by atoms with van der Waals surface area (Å²) in [6, 6.07) is 10.5. The summed E-state index contributed by atoms with van der Waals surface area (Å²) >= 11 is 8.24. The molecule has 0 amide bonds. The minimum Gasteiger partial charge on any atom is -0.373 e. The van der Waals surface area contributed by atoms with Gasteiger partial charge in [-0.05, 0) is 42.5 Å². The van der Waals surface area contributed by atoms with Crippen molar-refractivity contribution in [2.75, 3.05) is 25.0 Å². The molecule has 1 aromatic heterocycles. The molecular weight excluding hydrogens is 300 g/mol. The predicted molar refractivity (Wildman–Crippen MR) is 94.7 cm³/mol. The molecule has 0 atom stereocenters. The molecule has 0 unspecified atom stereocenters. The number of benzene rings is 1. The fourth-order valence-electron chi connectivity index (χ4n) is 2.37. The summed E-state index contributed by atoms with van der Waals surface area (Å²) in [5.74, 6) is 0. The van der Waals surface area contributed by atoms with E-state index in [1.165, 1.54) is 10.4 Å². The van der Waals surface area contributed by atoms with Crippen molar-refractivity contribution in [2.45, 2.75) is 26.3 Å². The molecule has 0 saturated heterocycles. The molecule has 0 aliphatic rings. The lowest BCUT2D eigenvalue weighted by molar-refractivity contribution is 0.673. The third-order valence-electron chi connectivity index (χ3n) is 3.47. The van der Waals surface area contributed by atoms with Gasteiger partial charge in [-0.2, -0.15) is 0 Å².